The standard InChI is InChI=1S/C19H40N2/c1-5-7-8-9-10-11-12-15-21-16-19(17(3)6-2)20-14-13-18(21)4/h17-20H,5-16H2,1-4H3. The van der Waals surface area contributed by atoms with Crippen LogP contribution in [0.2, 0.25) is 0 Å². The van der Waals surface area contributed by atoms with Gasteiger partial charge in [0.2, 0.25) is 0 Å². The molecule has 2 nitrogen and oxygen atoms in total. The van der Waals surface area contributed by atoms with Gasteiger partial charge in [-0.3, -0.25) is 4.90 Å². The second kappa shape index (κ2) is 11.5. The molecule has 1 heterocycles. The highest BCUT2D eigenvalue weighted by Gasteiger charge is 2.25. The van der Waals surface area contributed by atoms with E-state index in [0.29, 0.717) is 6.04 Å². The maximum Gasteiger partial charge on any atom is 0.0220 e. The van der Waals surface area contributed by atoms with Crippen LogP contribution in [0.5, 0.6) is 0 Å². The first kappa shape index (κ1) is 19.0. The van der Waals surface area contributed by atoms with E-state index in [-0.39, 0.29) is 0 Å². The van der Waals surface area contributed by atoms with Crippen LogP contribution >= 0.6 is 0 Å². The van der Waals surface area contributed by atoms with Gasteiger partial charge in [0.15, 0.2) is 0 Å². The van der Waals surface area contributed by atoms with E-state index < -0.39 is 0 Å². The molecule has 126 valence electrons. The summed E-state index contributed by atoms with van der Waals surface area (Å²) in [5.74, 6) is 0.798. The zero-order valence-corrected chi connectivity index (χ0v) is 15.2. The molecule has 3 atom stereocenters. The Bertz CT molecular complexity index is 242. The molecule has 1 N–H and O–H groups in total. The first-order valence-corrected chi connectivity index (χ1v) is 9.66. The van der Waals surface area contributed by atoms with E-state index >= 15 is 0 Å². The molecular formula is C19H40N2. The van der Waals surface area contributed by atoms with Gasteiger partial charge in [-0.25, -0.2) is 0 Å². The van der Waals surface area contributed by atoms with Gasteiger partial charge in [-0.05, 0) is 38.8 Å². The summed E-state index contributed by atoms with van der Waals surface area (Å²) < 4.78 is 0. The third-order valence-corrected chi connectivity index (χ3v) is 5.40. The quantitative estimate of drug-likeness (QED) is 0.581. The van der Waals surface area contributed by atoms with Gasteiger partial charge in [-0.2, -0.15) is 0 Å². The van der Waals surface area contributed by atoms with Crippen molar-refractivity contribution in [2.75, 3.05) is 19.6 Å². The van der Waals surface area contributed by atoms with E-state index in [1.165, 1.54) is 77.4 Å². The van der Waals surface area contributed by atoms with Gasteiger partial charge < -0.3 is 5.32 Å². The topological polar surface area (TPSA) is 15.3 Å². The average Bonchev–Trinajstić information content (AvgIpc) is 2.67. The van der Waals surface area contributed by atoms with E-state index in [1.54, 1.807) is 0 Å². The van der Waals surface area contributed by atoms with E-state index in [1.807, 2.05) is 0 Å². The number of rotatable bonds is 10. The van der Waals surface area contributed by atoms with Crippen LogP contribution in [0.25, 0.3) is 0 Å². The molecule has 1 rings (SSSR count). The van der Waals surface area contributed by atoms with Gasteiger partial charge in [0.05, 0.1) is 0 Å². The molecule has 1 aliphatic heterocycles. The largest absolute Gasteiger partial charge is 0.312 e. The molecule has 0 saturated carbocycles. The zero-order chi connectivity index (χ0) is 15.5. The number of hydrogen-bond donors (Lipinski definition) is 1. The lowest BCUT2D eigenvalue weighted by Gasteiger charge is -2.31. The fraction of sp³-hybridized carbons (Fsp3) is 1.00. The normalized spacial score (nSPS) is 25.7. The minimum absolute atomic E-state index is 0.699. The van der Waals surface area contributed by atoms with E-state index in [9.17, 15) is 0 Å². The molecule has 0 bridgehead atoms. The van der Waals surface area contributed by atoms with Crippen LogP contribution in [0, 0.1) is 5.92 Å². The van der Waals surface area contributed by atoms with E-state index in [2.05, 4.69) is 37.9 Å². The summed E-state index contributed by atoms with van der Waals surface area (Å²) in [4.78, 5) is 2.75. The van der Waals surface area contributed by atoms with Crippen molar-refractivity contribution in [3.63, 3.8) is 0 Å². The predicted octanol–water partition coefficient (Wildman–Crippen LogP) is 4.84. The molecule has 1 saturated heterocycles. The molecule has 21 heavy (non-hydrogen) atoms. The van der Waals surface area contributed by atoms with Crippen molar-refractivity contribution in [3.05, 3.63) is 0 Å². The van der Waals surface area contributed by atoms with Gasteiger partial charge in [0, 0.05) is 18.6 Å². The highest BCUT2D eigenvalue weighted by Crippen LogP contribution is 2.17. The number of unbranched alkanes of at least 4 members (excludes halogenated alkanes) is 6. The van der Waals surface area contributed by atoms with Crippen molar-refractivity contribution < 1.29 is 0 Å². The Hall–Kier alpha value is -0.0800. The highest BCUT2D eigenvalue weighted by atomic mass is 15.2. The lowest BCUT2D eigenvalue weighted by Crippen LogP contribution is -2.43. The van der Waals surface area contributed by atoms with Crippen molar-refractivity contribution in [2.24, 2.45) is 5.92 Å². The summed E-state index contributed by atoms with van der Waals surface area (Å²) in [5, 5.41) is 3.78. The Morgan fingerprint density at radius 2 is 1.71 bits per heavy atom. The Labute approximate surface area is 134 Å². The van der Waals surface area contributed by atoms with Gasteiger partial charge in [-0.15, -0.1) is 0 Å². The van der Waals surface area contributed by atoms with Crippen molar-refractivity contribution in [1.82, 2.24) is 10.2 Å². The van der Waals surface area contributed by atoms with Gasteiger partial charge in [0.1, 0.15) is 0 Å². The predicted molar refractivity (Wildman–Crippen MR) is 94.9 cm³/mol. The average molecular weight is 297 g/mol. The summed E-state index contributed by atoms with van der Waals surface area (Å²) in [5.41, 5.74) is 0. The molecule has 0 aromatic heterocycles. The first-order chi connectivity index (χ1) is 10.2. The smallest absolute Gasteiger partial charge is 0.0220 e. The lowest BCUT2D eigenvalue weighted by atomic mass is 9.98. The molecular weight excluding hydrogens is 256 g/mol. The van der Waals surface area contributed by atoms with Crippen LogP contribution in [0.15, 0.2) is 0 Å². The van der Waals surface area contributed by atoms with Crippen LogP contribution in [0.3, 0.4) is 0 Å². The number of hydrogen-bond acceptors (Lipinski definition) is 2. The van der Waals surface area contributed by atoms with Crippen LogP contribution in [-0.4, -0.2) is 36.6 Å². The van der Waals surface area contributed by atoms with Gasteiger partial charge in [0.25, 0.3) is 0 Å². The SMILES string of the molecule is CCCCCCCCCN1CC(C(C)CC)NCCC1C. The van der Waals surface area contributed by atoms with Crippen LogP contribution in [-0.2, 0) is 0 Å². The first-order valence-electron chi connectivity index (χ1n) is 9.66. The van der Waals surface area contributed by atoms with Gasteiger partial charge >= 0.3 is 0 Å². The summed E-state index contributed by atoms with van der Waals surface area (Å²) in [6, 6.07) is 1.45. The Morgan fingerprint density at radius 3 is 2.38 bits per heavy atom. The zero-order valence-electron chi connectivity index (χ0n) is 15.2. The molecule has 0 amide bonds. The molecule has 0 aromatic rings. The second-order valence-corrected chi connectivity index (χ2v) is 7.20. The van der Waals surface area contributed by atoms with Crippen molar-refractivity contribution in [1.29, 1.82) is 0 Å². The molecule has 2 heteroatoms. The summed E-state index contributed by atoms with van der Waals surface area (Å²) in [7, 11) is 0. The van der Waals surface area contributed by atoms with Crippen molar-refractivity contribution in [2.45, 2.75) is 97.6 Å². The van der Waals surface area contributed by atoms with Crippen LogP contribution in [0.1, 0.15) is 85.5 Å². The molecule has 0 aliphatic carbocycles. The molecule has 0 radical (unpaired) electrons. The Kier molecular flexibility index (Phi) is 10.4. The molecule has 0 aromatic carbocycles. The summed E-state index contributed by atoms with van der Waals surface area (Å²) >= 11 is 0. The fourth-order valence-corrected chi connectivity index (χ4v) is 3.41. The van der Waals surface area contributed by atoms with Gasteiger partial charge in [-0.1, -0.05) is 65.7 Å². The minimum atomic E-state index is 0.699. The third-order valence-electron chi connectivity index (χ3n) is 5.40. The second-order valence-electron chi connectivity index (χ2n) is 7.20. The molecule has 1 aliphatic rings. The van der Waals surface area contributed by atoms with E-state index in [0.717, 1.165) is 12.0 Å². The molecule has 0 spiro atoms. The maximum absolute atomic E-state index is 3.78. The summed E-state index contributed by atoms with van der Waals surface area (Å²) in [6.07, 6.45) is 12.5. The monoisotopic (exact) mass is 296 g/mol. The molecule has 1 fully saturated rings. The minimum Gasteiger partial charge on any atom is -0.312 e. The van der Waals surface area contributed by atoms with Crippen molar-refractivity contribution in [3.8, 4) is 0 Å². The lowest BCUT2D eigenvalue weighted by molar-refractivity contribution is 0.184. The third kappa shape index (κ3) is 7.65. The van der Waals surface area contributed by atoms with Crippen LogP contribution < -0.4 is 5.32 Å². The number of nitrogens with zero attached hydrogens (tertiary/aromatic N) is 1. The van der Waals surface area contributed by atoms with E-state index in [4.69, 9.17) is 0 Å². The highest BCUT2D eigenvalue weighted by molar-refractivity contribution is 4.83. The van der Waals surface area contributed by atoms with Crippen molar-refractivity contribution >= 4 is 0 Å². The summed E-state index contributed by atoms with van der Waals surface area (Å²) in [6.45, 7) is 13.2. The number of nitrogens with one attached hydrogen (secondary N) is 1. The fourth-order valence-electron chi connectivity index (χ4n) is 3.41. The Balaban J connectivity index is 2.23. The van der Waals surface area contributed by atoms with Crippen LogP contribution in [0.4, 0.5) is 0 Å². The Morgan fingerprint density at radius 1 is 1.05 bits per heavy atom. The molecule has 3 unspecified atom stereocenters. The maximum atomic E-state index is 3.78.